The van der Waals surface area contributed by atoms with E-state index in [2.05, 4.69) is 11.4 Å². The molecule has 2 atom stereocenters. The van der Waals surface area contributed by atoms with Gasteiger partial charge in [0.2, 0.25) is 5.91 Å². The zero-order chi connectivity index (χ0) is 16.7. The van der Waals surface area contributed by atoms with Gasteiger partial charge in [0.05, 0.1) is 0 Å². The predicted octanol–water partition coefficient (Wildman–Crippen LogP) is 4.41. The summed E-state index contributed by atoms with van der Waals surface area (Å²) in [6.45, 7) is 0. The Morgan fingerprint density at radius 1 is 1.04 bits per heavy atom. The van der Waals surface area contributed by atoms with Crippen molar-refractivity contribution >= 4 is 34.6 Å². The number of allylic oxidation sites excluding steroid dienone is 2. The zero-order valence-corrected chi connectivity index (χ0v) is 14.5. The smallest absolute Gasteiger partial charge is 0.225 e. The van der Waals surface area contributed by atoms with E-state index in [4.69, 9.17) is 11.6 Å². The largest absolute Gasteiger partial charge is 0.329 e. The second kappa shape index (κ2) is 6.19. The number of halogens is 1. The van der Waals surface area contributed by atoms with Crippen LogP contribution in [0.3, 0.4) is 0 Å². The van der Waals surface area contributed by atoms with Crippen LogP contribution in [-0.4, -0.2) is 11.7 Å². The minimum atomic E-state index is -0.237. The van der Waals surface area contributed by atoms with Crippen LogP contribution in [0, 0.1) is 0 Å². The number of Topliss-reactive ketones (excluding diaryl/α,β-unsaturated/α-hetero) is 1. The van der Waals surface area contributed by atoms with E-state index >= 15 is 0 Å². The molecule has 0 spiro atoms. The van der Waals surface area contributed by atoms with Crippen LogP contribution < -0.4 is 5.32 Å². The van der Waals surface area contributed by atoms with E-state index < -0.39 is 0 Å². The minimum Gasteiger partial charge on any atom is -0.329 e. The normalized spacial score (nSPS) is 23.9. The Labute approximate surface area is 149 Å². The van der Waals surface area contributed by atoms with Gasteiger partial charge in [-0.1, -0.05) is 35.9 Å². The zero-order valence-electron chi connectivity index (χ0n) is 12.9. The topological polar surface area (TPSA) is 46.2 Å². The second-order valence-corrected chi connectivity index (χ2v) is 7.65. The molecule has 0 saturated heterocycles. The number of hydrogen-bond donors (Lipinski definition) is 1. The summed E-state index contributed by atoms with van der Waals surface area (Å²) >= 11 is 7.99. The van der Waals surface area contributed by atoms with Crippen molar-refractivity contribution in [2.45, 2.75) is 31.1 Å². The lowest BCUT2D eigenvalue weighted by Gasteiger charge is -2.34. The summed E-state index contributed by atoms with van der Waals surface area (Å²) in [5.74, 6) is -0.00125. The summed E-state index contributed by atoms with van der Waals surface area (Å²) in [4.78, 5) is 26.3. The first kappa shape index (κ1) is 15.6. The molecule has 0 saturated carbocycles. The van der Waals surface area contributed by atoms with Crippen LogP contribution in [0.2, 0.25) is 5.02 Å². The van der Waals surface area contributed by atoms with Gasteiger partial charge in [0.1, 0.15) is 0 Å². The van der Waals surface area contributed by atoms with Crippen molar-refractivity contribution in [3.8, 4) is 0 Å². The Morgan fingerprint density at radius 2 is 1.88 bits per heavy atom. The van der Waals surface area contributed by atoms with Gasteiger partial charge < -0.3 is 5.32 Å². The van der Waals surface area contributed by atoms with Crippen molar-refractivity contribution in [2.75, 3.05) is 0 Å². The maximum Gasteiger partial charge on any atom is 0.225 e. The molecule has 2 aromatic rings. The Kier molecular flexibility index (Phi) is 4.02. The lowest BCUT2D eigenvalue weighted by molar-refractivity contribution is -0.122. The third-order valence-electron chi connectivity index (χ3n) is 4.76. The highest BCUT2D eigenvalue weighted by Crippen LogP contribution is 2.44. The SMILES string of the molecule is O=C1C[C@H](c2ccccc2Cl)C2=C(C[C@H](c3cccs3)CC2=O)N1. The summed E-state index contributed by atoms with van der Waals surface area (Å²) < 4.78 is 0. The van der Waals surface area contributed by atoms with Crippen LogP contribution in [0.1, 0.15) is 41.5 Å². The van der Waals surface area contributed by atoms with E-state index in [0.717, 1.165) is 16.8 Å². The quantitative estimate of drug-likeness (QED) is 0.865. The lowest BCUT2D eigenvalue weighted by atomic mass is 9.75. The molecule has 122 valence electrons. The summed E-state index contributed by atoms with van der Waals surface area (Å²) in [6.07, 6.45) is 1.47. The van der Waals surface area contributed by atoms with E-state index in [1.54, 1.807) is 11.3 Å². The first-order valence-electron chi connectivity index (χ1n) is 7.97. The van der Waals surface area contributed by atoms with Crippen LogP contribution in [0.25, 0.3) is 0 Å². The highest BCUT2D eigenvalue weighted by molar-refractivity contribution is 7.10. The lowest BCUT2D eigenvalue weighted by Crippen LogP contribution is -2.38. The van der Waals surface area contributed by atoms with Gasteiger partial charge in [-0.3, -0.25) is 9.59 Å². The Morgan fingerprint density at radius 3 is 2.62 bits per heavy atom. The summed E-state index contributed by atoms with van der Waals surface area (Å²) in [5.41, 5.74) is 2.39. The monoisotopic (exact) mass is 357 g/mol. The molecule has 5 heteroatoms. The second-order valence-electron chi connectivity index (χ2n) is 6.26. The molecular formula is C19H16ClNO2S. The molecule has 1 aromatic heterocycles. The van der Waals surface area contributed by atoms with Crippen LogP contribution in [0.4, 0.5) is 0 Å². The Balaban J connectivity index is 1.76. The van der Waals surface area contributed by atoms with Gasteiger partial charge in [0, 0.05) is 45.8 Å². The number of carbonyl (C=O) groups excluding carboxylic acids is 2. The van der Waals surface area contributed by atoms with E-state index in [0.29, 0.717) is 17.9 Å². The highest BCUT2D eigenvalue weighted by Gasteiger charge is 2.38. The molecule has 0 radical (unpaired) electrons. The maximum atomic E-state index is 12.9. The molecule has 1 aliphatic heterocycles. The molecule has 3 nitrogen and oxygen atoms in total. The van der Waals surface area contributed by atoms with Gasteiger partial charge >= 0.3 is 0 Å². The van der Waals surface area contributed by atoms with Crippen molar-refractivity contribution < 1.29 is 9.59 Å². The van der Waals surface area contributed by atoms with Gasteiger partial charge in [-0.2, -0.15) is 0 Å². The van der Waals surface area contributed by atoms with E-state index in [-0.39, 0.29) is 29.9 Å². The van der Waals surface area contributed by atoms with Gasteiger partial charge in [-0.05, 0) is 29.5 Å². The molecule has 0 fully saturated rings. The van der Waals surface area contributed by atoms with E-state index in [1.807, 2.05) is 35.7 Å². The minimum absolute atomic E-state index is 0.0432. The third kappa shape index (κ3) is 2.70. The first-order chi connectivity index (χ1) is 11.6. The van der Waals surface area contributed by atoms with Crippen LogP contribution in [-0.2, 0) is 9.59 Å². The molecule has 2 heterocycles. The van der Waals surface area contributed by atoms with Crippen LogP contribution in [0.5, 0.6) is 0 Å². The standard InChI is InChI=1S/C19H16ClNO2S/c20-14-5-2-1-4-12(14)13-10-18(23)21-15-8-11(9-16(22)19(13)15)17-6-3-7-24-17/h1-7,11,13H,8-10H2,(H,21,23)/t11-,13+/m0/s1. The number of thiophene rings is 1. The average molecular weight is 358 g/mol. The highest BCUT2D eigenvalue weighted by atomic mass is 35.5. The predicted molar refractivity (Wildman–Crippen MR) is 95.3 cm³/mol. The molecule has 1 amide bonds. The van der Waals surface area contributed by atoms with Gasteiger partial charge in [0.25, 0.3) is 0 Å². The fourth-order valence-corrected chi connectivity index (χ4v) is 4.81. The van der Waals surface area contributed by atoms with Crippen molar-refractivity contribution in [3.05, 3.63) is 68.5 Å². The first-order valence-corrected chi connectivity index (χ1v) is 9.23. The number of ketones is 1. The Hall–Kier alpha value is -1.91. The van der Waals surface area contributed by atoms with Crippen molar-refractivity contribution in [2.24, 2.45) is 0 Å². The molecule has 0 bridgehead atoms. The number of nitrogens with one attached hydrogen (secondary N) is 1. The van der Waals surface area contributed by atoms with Crippen LogP contribution in [0.15, 0.2) is 53.0 Å². The Bertz CT molecular complexity index is 841. The fraction of sp³-hybridized carbons (Fsp3) is 0.263. The number of hydrogen-bond acceptors (Lipinski definition) is 3. The van der Waals surface area contributed by atoms with Gasteiger partial charge in [0.15, 0.2) is 5.78 Å². The molecular weight excluding hydrogens is 342 g/mol. The molecule has 24 heavy (non-hydrogen) atoms. The number of benzene rings is 1. The summed E-state index contributed by atoms with van der Waals surface area (Å²) in [6, 6.07) is 11.5. The van der Waals surface area contributed by atoms with Crippen molar-refractivity contribution in [1.29, 1.82) is 0 Å². The summed E-state index contributed by atoms with van der Waals surface area (Å²) in [7, 11) is 0. The van der Waals surface area contributed by atoms with Gasteiger partial charge in [-0.25, -0.2) is 0 Å². The molecule has 1 N–H and O–H groups in total. The molecule has 1 aromatic carbocycles. The number of rotatable bonds is 2. The van der Waals surface area contributed by atoms with E-state index in [9.17, 15) is 9.59 Å². The van der Waals surface area contributed by atoms with Gasteiger partial charge in [-0.15, -0.1) is 11.3 Å². The van der Waals surface area contributed by atoms with E-state index in [1.165, 1.54) is 4.88 Å². The maximum absolute atomic E-state index is 12.9. The molecule has 0 unspecified atom stereocenters. The molecule has 4 rings (SSSR count). The third-order valence-corrected chi connectivity index (χ3v) is 6.14. The van der Waals surface area contributed by atoms with Crippen molar-refractivity contribution in [3.63, 3.8) is 0 Å². The van der Waals surface area contributed by atoms with Crippen LogP contribution >= 0.6 is 22.9 Å². The number of carbonyl (C=O) groups is 2. The fourth-order valence-electron chi connectivity index (χ4n) is 3.71. The summed E-state index contributed by atoms with van der Waals surface area (Å²) in [5, 5.41) is 5.57. The molecule has 1 aliphatic carbocycles. The number of amides is 1. The average Bonchev–Trinajstić information content (AvgIpc) is 3.08. The molecule has 2 aliphatic rings. The van der Waals surface area contributed by atoms with Crippen molar-refractivity contribution in [1.82, 2.24) is 5.32 Å².